The van der Waals surface area contributed by atoms with Crippen molar-refractivity contribution in [1.29, 1.82) is 0 Å². The summed E-state index contributed by atoms with van der Waals surface area (Å²) in [5, 5.41) is 11.9. The molecular formula is C29H27NO3. The number of esters is 1. The number of hydrogen-bond donors (Lipinski definition) is 1. The van der Waals surface area contributed by atoms with Gasteiger partial charge in [0.2, 0.25) is 0 Å². The number of methoxy groups -OCH3 is 1. The van der Waals surface area contributed by atoms with E-state index in [1.807, 2.05) is 60.7 Å². The van der Waals surface area contributed by atoms with Crippen LogP contribution in [0.5, 0.6) is 0 Å². The Bertz CT molecular complexity index is 1310. The lowest BCUT2D eigenvalue weighted by molar-refractivity contribution is 0.0599. The molecule has 0 aliphatic rings. The highest BCUT2D eigenvalue weighted by Gasteiger charge is 2.14. The highest BCUT2D eigenvalue weighted by molar-refractivity contribution is 5.91. The minimum Gasteiger partial charge on any atom is -0.465 e. The third kappa shape index (κ3) is 5.54. The Morgan fingerprint density at radius 3 is 2.67 bits per heavy atom. The van der Waals surface area contributed by atoms with Gasteiger partial charge in [0, 0.05) is 5.39 Å². The van der Waals surface area contributed by atoms with Crippen LogP contribution in [0.3, 0.4) is 0 Å². The van der Waals surface area contributed by atoms with E-state index in [4.69, 9.17) is 9.72 Å². The van der Waals surface area contributed by atoms with Crippen molar-refractivity contribution in [2.75, 3.05) is 7.11 Å². The van der Waals surface area contributed by atoms with Crippen LogP contribution in [0, 0.1) is 6.92 Å². The van der Waals surface area contributed by atoms with E-state index < -0.39 is 6.10 Å². The average molecular weight is 438 g/mol. The number of aryl methyl sites for hydroxylation is 2. The zero-order valence-electron chi connectivity index (χ0n) is 18.9. The quantitative estimate of drug-likeness (QED) is 0.352. The first-order chi connectivity index (χ1) is 16.0. The molecule has 4 heteroatoms. The highest BCUT2D eigenvalue weighted by atomic mass is 16.5. The molecule has 1 aromatic heterocycles. The van der Waals surface area contributed by atoms with Gasteiger partial charge in [0.15, 0.2) is 0 Å². The second-order valence-corrected chi connectivity index (χ2v) is 8.14. The predicted molar refractivity (Wildman–Crippen MR) is 133 cm³/mol. The topological polar surface area (TPSA) is 59.4 Å². The van der Waals surface area contributed by atoms with Gasteiger partial charge in [-0.05, 0) is 72.4 Å². The molecule has 33 heavy (non-hydrogen) atoms. The maximum Gasteiger partial charge on any atom is 0.338 e. The molecule has 0 spiro atoms. The van der Waals surface area contributed by atoms with Crippen molar-refractivity contribution < 1.29 is 14.6 Å². The normalized spacial score (nSPS) is 12.2. The first-order valence-electron chi connectivity index (χ1n) is 11.0. The van der Waals surface area contributed by atoms with Gasteiger partial charge in [-0.2, -0.15) is 0 Å². The Morgan fingerprint density at radius 2 is 1.82 bits per heavy atom. The summed E-state index contributed by atoms with van der Waals surface area (Å²) in [4.78, 5) is 16.7. The van der Waals surface area contributed by atoms with Gasteiger partial charge in [0.05, 0.1) is 30.0 Å². The maximum atomic E-state index is 12.0. The van der Waals surface area contributed by atoms with E-state index in [-0.39, 0.29) is 5.97 Å². The summed E-state index contributed by atoms with van der Waals surface area (Å²) in [6.45, 7) is 2.06. The van der Waals surface area contributed by atoms with Crippen LogP contribution in [0.15, 0.2) is 78.9 Å². The van der Waals surface area contributed by atoms with Gasteiger partial charge in [-0.1, -0.05) is 60.7 Å². The molecule has 166 valence electrons. The van der Waals surface area contributed by atoms with Gasteiger partial charge in [-0.25, -0.2) is 9.78 Å². The van der Waals surface area contributed by atoms with E-state index in [1.165, 1.54) is 12.7 Å². The highest BCUT2D eigenvalue weighted by Crippen LogP contribution is 2.23. The van der Waals surface area contributed by atoms with Gasteiger partial charge in [-0.3, -0.25) is 0 Å². The Morgan fingerprint density at radius 1 is 1.00 bits per heavy atom. The van der Waals surface area contributed by atoms with Crippen LogP contribution in [0.2, 0.25) is 0 Å². The van der Waals surface area contributed by atoms with Gasteiger partial charge in [0.25, 0.3) is 0 Å². The molecule has 0 fully saturated rings. The molecule has 0 saturated heterocycles. The summed E-state index contributed by atoms with van der Waals surface area (Å²) in [7, 11) is 1.38. The molecule has 1 N–H and O–H groups in total. The molecule has 0 bridgehead atoms. The Balaban J connectivity index is 1.46. The van der Waals surface area contributed by atoms with E-state index in [0.717, 1.165) is 33.3 Å². The SMILES string of the molecule is COC(=O)c1ccccc1CCC(O)c1cccc(/C=C/c2ccc3ccc(C)cc3n2)c1. The van der Waals surface area contributed by atoms with Crippen molar-refractivity contribution in [1.82, 2.24) is 4.98 Å². The van der Waals surface area contributed by atoms with Crippen molar-refractivity contribution >= 4 is 29.0 Å². The number of aliphatic hydroxyl groups excluding tert-OH is 1. The molecule has 0 saturated carbocycles. The van der Waals surface area contributed by atoms with Crippen LogP contribution < -0.4 is 0 Å². The number of aromatic nitrogens is 1. The minimum absolute atomic E-state index is 0.357. The Kier molecular flexibility index (Phi) is 6.96. The van der Waals surface area contributed by atoms with Crippen LogP contribution in [0.1, 0.15) is 50.8 Å². The second-order valence-electron chi connectivity index (χ2n) is 8.14. The minimum atomic E-state index is -0.633. The predicted octanol–water partition coefficient (Wildman–Crippen LogP) is 6.17. The number of ether oxygens (including phenoxy) is 1. The lowest BCUT2D eigenvalue weighted by Crippen LogP contribution is -2.07. The molecule has 0 aliphatic heterocycles. The summed E-state index contributed by atoms with van der Waals surface area (Å²) >= 11 is 0. The van der Waals surface area contributed by atoms with Crippen molar-refractivity contribution in [3.05, 3.63) is 112 Å². The third-order valence-electron chi connectivity index (χ3n) is 5.72. The number of rotatable bonds is 7. The fraction of sp³-hybridized carbons (Fsp3) is 0.172. The van der Waals surface area contributed by atoms with Gasteiger partial charge in [0.1, 0.15) is 0 Å². The van der Waals surface area contributed by atoms with Crippen LogP contribution in [-0.2, 0) is 11.2 Å². The van der Waals surface area contributed by atoms with E-state index in [2.05, 4.69) is 31.2 Å². The van der Waals surface area contributed by atoms with Gasteiger partial charge < -0.3 is 9.84 Å². The van der Waals surface area contributed by atoms with Gasteiger partial charge in [-0.15, -0.1) is 0 Å². The molecule has 0 amide bonds. The number of carbonyl (C=O) groups is 1. The smallest absolute Gasteiger partial charge is 0.338 e. The molecule has 0 aliphatic carbocycles. The van der Waals surface area contributed by atoms with Crippen LogP contribution >= 0.6 is 0 Å². The molecule has 4 aromatic rings. The number of pyridine rings is 1. The Labute approximate surface area is 194 Å². The molecule has 1 unspecified atom stereocenters. The molecule has 0 radical (unpaired) electrons. The molecule has 1 heterocycles. The van der Waals surface area contributed by atoms with Gasteiger partial charge >= 0.3 is 5.97 Å². The van der Waals surface area contributed by atoms with E-state index in [0.29, 0.717) is 18.4 Å². The fourth-order valence-corrected chi connectivity index (χ4v) is 3.89. The van der Waals surface area contributed by atoms with Crippen molar-refractivity contribution in [2.45, 2.75) is 25.9 Å². The van der Waals surface area contributed by atoms with E-state index in [1.54, 1.807) is 6.07 Å². The first-order valence-corrected chi connectivity index (χ1v) is 11.0. The number of nitrogens with zero attached hydrogens (tertiary/aromatic N) is 1. The van der Waals surface area contributed by atoms with Crippen LogP contribution in [0.4, 0.5) is 0 Å². The number of carbonyl (C=O) groups excluding carboxylic acids is 1. The van der Waals surface area contributed by atoms with Crippen LogP contribution in [-0.4, -0.2) is 23.2 Å². The van der Waals surface area contributed by atoms with Crippen molar-refractivity contribution in [2.24, 2.45) is 0 Å². The summed E-state index contributed by atoms with van der Waals surface area (Å²) in [6.07, 6.45) is 4.44. The monoisotopic (exact) mass is 437 g/mol. The van der Waals surface area contributed by atoms with Crippen molar-refractivity contribution in [3.8, 4) is 0 Å². The largest absolute Gasteiger partial charge is 0.465 e. The summed E-state index contributed by atoms with van der Waals surface area (Å²) in [5.41, 5.74) is 6.31. The lowest BCUT2D eigenvalue weighted by Gasteiger charge is -2.13. The standard InChI is InChI=1S/C29H27NO3/c1-20-10-12-23-13-16-25(30-27(23)18-20)15-11-21-6-5-8-24(19-21)28(31)17-14-22-7-3-4-9-26(22)29(32)33-2/h3-13,15-16,18-19,28,31H,14,17H2,1-2H3/b15-11+. The number of benzene rings is 3. The Hall–Kier alpha value is -3.76. The fourth-order valence-electron chi connectivity index (χ4n) is 3.89. The third-order valence-corrected chi connectivity index (χ3v) is 5.72. The maximum absolute atomic E-state index is 12.0. The average Bonchev–Trinajstić information content (AvgIpc) is 2.85. The summed E-state index contributed by atoms with van der Waals surface area (Å²) in [5.74, 6) is -0.357. The first kappa shape index (κ1) is 22.4. The zero-order valence-corrected chi connectivity index (χ0v) is 18.9. The summed E-state index contributed by atoms with van der Waals surface area (Å²) < 4.78 is 4.86. The van der Waals surface area contributed by atoms with E-state index >= 15 is 0 Å². The zero-order chi connectivity index (χ0) is 23.2. The number of fused-ring (bicyclic) bond motifs is 1. The molecule has 3 aromatic carbocycles. The summed E-state index contributed by atoms with van der Waals surface area (Å²) in [6, 6.07) is 25.5. The number of aliphatic hydroxyl groups is 1. The second kappa shape index (κ2) is 10.2. The van der Waals surface area contributed by atoms with Crippen molar-refractivity contribution in [3.63, 3.8) is 0 Å². The van der Waals surface area contributed by atoms with E-state index in [9.17, 15) is 9.90 Å². The molecule has 1 atom stereocenters. The lowest BCUT2D eigenvalue weighted by atomic mass is 9.97. The number of hydrogen-bond acceptors (Lipinski definition) is 4. The molecule has 4 nitrogen and oxygen atoms in total. The molecular weight excluding hydrogens is 410 g/mol. The van der Waals surface area contributed by atoms with Crippen LogP contribution in [0.25, 0.3) is 23.1 Å². The molecule has 4 rings (SSSR count).